The third kappa shape index (κ3) is 6.01. The number of carbonyl (C=O) groups excluding carboxylic acids is 2. The van der Waals surface area contributed by atoms with Gasteiger partial charge in [-0.25, -0.2) is 0 Å². The van der Waals surface area contributed by atoms with Crippen LogP contribution in [0.5, 0.6) is 0 Å². The number of anilines is 1. The molecular formula is C18H24N4O2S. The Labute approximate surface area is 152 Å². The van der Waals surface area contributed by atoms with Gasteiger partial charge < -0.3 is 9.88 Å². The molecule has 1 N–H and O–H groups in total. The number of ketones is 1. The SMILES string of the molecule is CCCCCC(=O)Nc1ccc(C(=O)CSc2nncn2CC)cc1. The lowest BCUT2D eigenvalue weighted by molar-refractivity contribution is -0.116. The van der Waals surface area contributed by atoms with Gasteiger partial charge in [0, 0.05) is 24.2 Å². The van der Waals surface area contributed by atoms with Gasteiger partial charge in [-0.1, -0.05) is 31.5 Å². The Morgan fingerprint density at radius 3 is 2.60 bits per heavy atom. The first-order valence-corrected chi connectivity index (χ1v) is 9.56. The van der Waals surface area contributed by atoms with Crippen molar-refractivity contribution in [1.82, 2.24) is 14.8 Å². The predicted molar refractivity (Wildman–Crippen MR) is 100.0 cm³/mol. The highest BCUT2D eigenvalue weighted by Gasteiger charge is 2.10. The zero-order valence-corrected chi connectivity index (χ0v) is 15.5. The average Bonchev–Trinajstić information content (AvgIpc) is 3.08. The van der Waals surface area contributed by atoms with Gasteiger partial charge in [0.1, 0.15) is 6.33 Å². The number of unbranched alkanes of at least 4 members (excludes halogenated alkanes) is 2. The molecule has 0 saturated heterocycles. The number of aromatic nitrogens is 3. The van der Waals surface area contributed by atoms with Crippen LogP contribution in [0.2, 0.25) is 0 Å². The van der Waals surface area contributed by atoms with Crippen LogP contribution in [-0.4, -0.2) is 32.2 Å². The van der Waals surface area contributed by atoms with Crippen LogP contribution in [0.3, 0.4) is 0 Å². The molecule has 6 nitrogen and oxygen atoms in total. The molecule has 0 spiro atoms. The Hall–Kier alpha value is -2.15. The second-order valence-corrected chi connectivity index (χ2v) is 6.64. The van der Waals surface area contributed by atoms with Crippen LogP contribution in [0.25, 0.3) is 0 Å². The molecule has 0 bridgehead atoms. The lowest BCUT2D eigenvalue weighted by Crippen LogP contribution is -2.11. The highest BCUT2D eigenvalue weighted by atomic mass is 32.2. The molecule has 7 heteroatoms. The molecule has 134 valence electrons. The maximum absolute atomic E-state index is 12.3. The third-order valence-electron chi connectivity index (χ3n) is 3.75. The molecule has 0 atom stereocenters. The van der Waals surface area contributed by atoms with E-state index in [1.165, 1.54) is 11.8 Å². The number of amides is 1. The molecule has 1 aromatic heterocycles. The standard InChI is InChI=1S/C18H24N4O2S/c1-3-5-6-7-17(24)20-15-10-8-14(9-11-15)16(23)12-25-18-21-19-13-22(18)4-2/h8-11,13H,3-7,12H2,1-2H3,(H,20,24). The molecule has 0 aliphatic rings. The van der Waals surface area contributed by atoms with Crippen molar-refractivity contribution >= 4 is 29.1 Å². The third-order valence-corrected chi connectivity index (χ3v) is 4.73. The van der Waals surface area contributed by atoms with E-state index in [1.54, 1.807) is 30.6 Å². The number of thioether (sulfide) groups is 1. The van der Waals surface area contributed by atoms with Crippen molar-refractivity contribution in [2.24, 2.45) is 0 Å². The summed E-state index contributed by atoms with van der Waals surface area (Å²) in [6.07, 6.45) is 5.24. The number of nitrogens with zero attached hydrogens (tertiary/aromatic N) is 3. The quantitative estimate of drug-likeness (QED) is 0.396. The van der Waals surface area contributed by atoms with E-state index in [0.29, 0.717) is 17.7 Å². The monoisotopic (exact) mass is 360 g/mol. The normalized spacial score (nSPS) is 10.6. The van der Waals surface area contributed by atoms with Gasteiger partial charge >= 0.3 is 0 Å². The molecule has 0 aliphatic carbocycles. The molecule has 1 amide bonds. The van der Waals surface area contributed by atoms with Crippen molar-refractivity contribution in [3.8, 4) is 0 Å². The zero-order valence-electron chi connectivity index (χ0n) is 14.7. The van der Waals surface area contributed by atoms with E-state index < -0.39 is 0 Å². The minimum absolute atomic E-state index is 0.0157. The summed E-state index contributed by atoms with van der Waals surface area (Å²) in [7, 11) is 0. The van der Waals surface area contributed by atoms with Crippen molar-refractivity contribution in [3.63, 3.8) is 0 Å². The number of rotatable bonds is 10. The van der Waals surface area contributed by atoms with Crippen LogP contribution in [0.4, 0.5) is 5.69 Å². The molecule has 2 aromatic rings. The average molecular weight is 360 g/mol. The molecule has 0 fully saturated rings. The predicted octanol–water partition coefficient (Wildman–Crippen LogP) is 3.79. The number of aryl methyl sites for hydroxylation is 1. The second kappa shape index (κ2) is 9.98. The van der Waals surface area contributed by atoms with E-state index in [4.69, 9.17) is 0 Å². The van der Waals surface area contributed by atoms with Crippen molar-refractivity contribution in [2.75, 3.05) is 11.1 Å². The number of hydrogen-bond donors (Lipinski definition) is 1. The molecule has 0 radical (unpaired) electrons. The smallest absolute Gasteiger partial charge is 0.224 e. The van der Waals surface area contributed by atoms with E-state index in [9.17, 15) is 9.59 Å². The Morgan fingerprint density at radius 2 is 1.92 bits per heavy atom. The van der Waals surface area contributed by atoms with E-state index >= 15 is 0 Å². The highest BCUT2D eigenvalue weighted by molar-refractivity contribution is 7.99. The van der Waals surface area contributed by atoms with Gasteiger partial charge in [0.25, 0.3) is 0 Å². The summed E-state index contributed by atoms with van der Waals surface area (Å²) >= 11 is 1.38. The Kier molecular flexibility index (Phi) is 7.66. The van der Waals surface area contributed by atoms with Gasteiger partial charge in [0.2, 0.25) is 5.91 Å². The lowest BCUT2D eigenvalue weighted by Gasteiger charge is -2.06. The van der Waals surface area contributed by atoms with E-state index in [0.717, 1.165) is 36.7 Å². The molecular weight excluding hydrogens is 336 g/mol. The van der Waals surface area contributed by atoms with E-state index in [2.05, 4.69) is 22.4 Å². The van der Waals surface area contributed by atoms with Crippen LogP contribution in [0.1, 0.15) is 49.9 Å². The van der Waals surface area contributed by atoms with E-state index in [-0.39, 0.29) is 11.7 Å². The van der Waals surface area contributed by atoms with Gasteiger partial charge in [0.05, 0.1) is 5.75 Å². The zero-order chi connectivity index (χ0) is 18.1. The van der Waals surface area contributed by atoms with Crippen LogP contribution in [0.15, 0.2) is 35.7 Å². The summed E-state index contributed by atoms with van der Waals surface area (Å²) in [5, 5.41) is 11.5. The second-order valence-electron chi connectivity index (χ2n) is 5.69. The molecule has 1 heterocycles. The van der Waals surface area contributed by atoms with Crippen molar-refractivity contribution in [3.05, 3.63) is 36.2 Å². The highest BCUT2D eigenvalue weighted by Crippen LogP contribution is 2.18. The van der Waals surface area contributed by atoms with Gasteiger partial charge in [0.15, 0.2) is 10.9 Å². The lowest BCUT2D eigenvalue weighted by atomic mass is 10.1. The molecule has 25 heavy (non-hydrogen) atoms. The van der Waals surface area contributed by atoms with Crippen molar-refractivity contribution in [1.29, 1.82) is 0 Å². The van der Waals surface area contributed by atoms with Gasteiger partial charge in [-0.15, -0.1) is 10.2 Å². The maximum Gasteiger partial charge on any atom is 0.224 e. The topological polar surface area (TPSA) is 76.9 Å². The molecule has 1 aromatic carbocycles. The summed E-state index contributed by atoms with van der Waals surface area (Å²) in [4.78, 5) is 24.1. The summed E-state index contributed by atoms with van der Waals surface area (Å²) < 4.78 is 1.90. The summed E-state index contributed by atoms with van der Waals surface area (Å²) in [5.74, 6) is 0.347. The molecule has 0 aliphatic heterocycles. The fourth-order valence-electron chi connectivity index (χ4n) is 2.28. The molecule has 0 unspecified atom stereocenters. The number of Topliss-reactive ketones (excluding diaryl/α,β-unsaturated/α-hetero) is 1. The largest absolute Gasteiger partial charge is 0.326 e. The Morgan fingerprint density at radius 1 is 1.16 bits per heavy atom. The first-order valence-electron chi connectivity index (χ1n) is 8.57. The van der Waals surface area contributed by atoms with Gasteiger partial charge in [-0.2, -0.15) is 0 Å². The Bertz CT molecular complexity index is 697. The fraction of sp³-hybridized carbons (Fsp3) is 0.444. The van der Waals surface area contributed by atoms with Crippen LogP contribution >= 0.6 is 11.8 Å². The number of hydrogen-bond acceptors (Lipinski definition) is 5. The first kappa shape index (κ1) is 19.2. The Balaban J connectivity index is 1.84. The number of benzene rings is 1. The number of carbonyl (C=O) groups is 2. The number of nitrogens with one attached hydrogen (secondary N) is 1. The molecule has 2 rings (SSSR count). The van der Waals surface area contributed by atoms with Crippen LogP contribution in [-0.2, 0) is 11.3 Å². The van der Waals surface area contributed by atoms with E-state index in [1.807, 2.05) is 11.5 Å². The summed E-state index contributed by atoms with van der Waals surface area (Å²) in [6, 6.07) is 7.03. The summed E-state index contributed by atoms with van der Waals surface area (Å²) in [6.45, 7) is 4.89. The van der Waals surface area contributed by atoms with Crippen LogP contribution < -0.4 is 5.32 Å². The van der Waals surface area contributed by atoms with Gasteiger partial charge in [-0.3, -0.25) is 9.59 Å². The minimum atomic E-state index is 0.0157. The van der Waals surface area contributed by atoms with Crippen molar-refractivity contribution < 1.29 is 9.59 Å². The molecule has 0 saturated carbocycles. The van der Waals surface area contributed by atoms with Crippen LogP contribution in [0, 0.1) is 0 Å². The first-order chi connectivity index (χ1) is 12.1. The van der Waals surface area contributed by atoms with Gasteiger partial charge in [-0.05, 0) is 37.6 Å². The maximum atomic E-state index is 12.3. The summed E-state index contributed by atoms with van der Waals surface area (Å²) in [5.41, 5.74) is 1.34. The van der Waals surface area contributed by atoms with Crippen molar-refractivity contribution in [2.45, 2.75) is 51.2 Å². The minimum Gasteiger partial charge on any atom is -0.326 e. The fourth-order valence-corrected chi connectivity index (χ4v) is 3.16.